The normalized spacial score (nSPS) is 30.4. The zero-order valence-electron chi connectivity index (χ0n) is 30.1. The number of hydrogen-bond acceptors (Lipinski definition) is 14. The van der Waals surface area contributed by atoms with Crippen LogP contribution in [0.15, 0.2) is 54.6 Å². The van der Waals surface area contributed by atoms with Crippen molar-refractivity contribution in [2.24, 2.45) is 17.3 Å². The lowest BCUT2D eigenvalue weighted by Crippen LogP contribution is -2.58. The highest BCUT2D eigenvalue weighted by Crippen LogP contribution is 2.54. The average Bonchev–Trinajstić information content (AvgIpc) is 3.24. The summed E-state index contributed by atoms with van der Waals surface area (Å²) in [5.74, 6) is -10.2. The Morgan fingerprint density at radius 3 is 1.73 bits per heavy atom. The average molecular weight is 713 g/mol. The second-order valence-corrected chi connectivity index (χ2v) is 13.5. The molecule has 14 nitrogen and oxygen atoms in total. The highest BCUT2D eigenvalue weighted by Gasteiger charge is 2.72. The van der Waals surface area contributed by atoms with Crippen molar-refractivity contribution >= 4 is 47.4 Å². The first kappa shape index (κ1) is 40.3. The molecule has 0 aromatic heterocycles. The summed E-state index contributed by atoms with van der Waals surface area (Å²) in [6, 6.07) is 7.65. The summed E-state index contributed by atoms with van der Waals surface area (Å²) in [6.07, 6.45) is -5.23. The molecule has 8 unspecified atom stereocenters. The van der Waals surface area contributed by atoms with E-state index in [0.717, 1.165) is 34.6 Å². The second-order valence-electron chi connectivity index (χ2n) is 13.5. The van der Waals surface area contributed by atoms with Crippen LogP contribution in [0.1, 0.15) is 79.1 Å². The Balaban J connectivity index is 2.51. The number of ketones is 2. The lowest BCUT2D eigenvalue weighted by atomic mass is 9.72. The summed E-state index contributed by atoms with van der Waals surface area (Å²) >= 11 is 0. The number of rotatable bonds is 7. The van der Waals surface area contributed by atoms with E-state index in [2.05, 4.69) is 6.58 Å². The zero-order chi connectivity index (χ0) is 38.6. The standard InChI is InChI=1S/C37H44O14/c1-19-16-17-35(8,9)32(44)30(49-34(45)26-14-12-11-13-15-26)29(47-22(4)39)20(2)28(46-21(3)38)27-33(48-23(5)40)36(10,50-24(6)41)18-37(27,31(19)43)51-25(7)42/h11-17,19,27-30,33H,2,18H2,1,3-10H3. The predicted octanol–water partition coefficient (Wildman–Crippen LogP) is 3.58. The third-order valence-corrected chi connectivity index (χ3v) is 8.76. The van der Waals surface area contributed by atoms with Crippen LogP contribution in [0, 0.1) is 17.3 Å². The third kappa shape index (κ3) is 8.78. The van der Waals surface area contributed by atoms with Gasteiger partial charge in [-0.25, -0.2) is 4.79 Å². The van der Waals surface area contributed by atoms with Gasteiger partial charge in [0.1, 0.15) is 6.10 Å². The zero-order valence-corrected chi connectivity index (χ0v) is 30.1. The van der Waals surface area contributed by atoms with Crippen molar-refractivity contribution in [2.45, 2.75) is 104 Å². The van der Waals surface area contributed by atoms with E-state index in [1.807, 2.05) is 0 Å². The van der Waals surface area contributed by atoms with E-state index < -0.39 is 112 Å². The van der Waals surface area contributed by atoms with Gasteiger partial charge < -0.3 is 28.4 Å². The molecule has 0 bridgehead atoms. The fraction of sp³-hybridized carbons (Fsp3) is 0.514. The second kappa shape index (κ2) is 15.4. The number of fused-ring (bicyclic) bond motifs is 1. The summed E-state index contributed by atoms with van der Waals surface area (Å²) in [5, 5.41) is 0. The molecule has 8 atom stereocenters. The van der Waals surface area contributed by atoms with Crippen LogP contribution >= 0.6 is 0 Å². The van der Waals surface area contributed by atoms with Gasteiger partial charge in [-0.05, 0) is 32.9 Å². The molecule has 2 aliphatic rings. The van der Waals surface area contributed by atoms with Crippen molar-refractivity contribution in [3.63, 3.8) is 0 Å². The molecule has 0 spiro atoms. The molecule has 0 heterocycles. The topological polar surface area (TPSA) is 192 Å². The van der Waals surface area contributed by atoms with Gasteiger partial charge in [-0.1, -0.05) is 43.9 Å². The molecule has 51 heavy (non-hydrogen) atoms. The number of Topliss-reactive ketones (excluding diaryl/α,β-unsaturated/α-hetero) is 2. The lowest BCUT2D eigenvalue weighted by molar-refractivity contribution is -0.190. The quantitative estimate of drug-likeness (QED) is 0.226. The molecule has 1 aromatic rings. The van der Waals surface area contributed by atoms with Crippen molar-refractivity contribution in [1.29, 1.82) is 0 Å². The van der Waals surface area contributed by atoms with Crippen LogP contribution < -0.4 is 0 Å². The molecule has 1 aromatic carbocycles. The first-order valence-corrected chi connectivity index (χ1v) is 16.2. The molecule has 3 rings (SSSR count). The maximum Gasteiger partial charge on any atom is 0.338 e. The maximum absolute atomic E-state index is 14.7. The Morgan fingerprint density at radius 1 is 0.686 bits per heavy atom. The number of carbonyl (C=O) groups excluding carboxylic acids is 8. The Kier molecular flexibility index (Phi) is 12.2. The van der Waals surface area contributed by atoms with Gasteiger partial charge in [-0.3, -0.25) is 33.6 Å². The first-order chi connectivity index (χ1) is 23.6. The minimum absolute atomic E-state index is 0.0458. The van der Waals surface area contributed by atoms with Crippen LogP contribution in [0.2, 0.25) is 0 Å². The molecule has 1 fully saturated rings. The highest BCUT2D eigenvalue weighted by atomic mass is 16.6. The van der Waals surface area contributed by atoms with Crippen molar-refractivity contribution in [3.05, 3.63) is 60.2 Å². The number of allylic oxidation sites excluding steroid dienone is 2. The van der Waals surface area contributed by atoms with Gasteiger partial charge in [-0.2, -0.15) is 0 Å². The summed E-state index contributed by atoms with van der Waals surface area (Å²) < 4.78 is 34.5. The minimum atomic E-state index is -2.37. The Morgan fingerprint density at radius 2 is 1.22 bits per heavy atom. The van der Waals surface area contributed by atoms with Crippen LogP contribution in [0.25, 0.3) is 0 Å². The monoisotopic (exact) mass is 712 g/mol. The third-order valence-electron chi connectivity index (χ3n) is 8.76. The molecule has 0 aliphatic heterocycles. The van der Waals surface area contributed by atoms with E-state index in [9.17, 15) is 38.4 Å². The van der Waals surface area contributed by atoms with Crippen molar-refractivity contribution in [3.8, 4) is 0 Å². The number of esters is 6. The highest BCUT2D eigenvalue weighted by molar-refractivity contribution is 5.97. The number of carbonyl (C=O) groups is 8. The summed E-state index contributed by atoms with van der Waals surface area (Å²) in [4.78, 5) is 106. The summed E-state index contributed by atoms with van der Waals surface area (Å²) in [5.41, 5.74) is -6.15. The van der Waals surface area contributed by atoms with Gasteiger partial charge in [0, 0.05) is 57.9 Å². The Labute approximate surface area is 295 Å². The van der Waals surface area contributed by atoms with Gasteiger partial charge in [0.05, 0.1) is 11.5 Å². The molecule has 2 aliphatic carbocycles. The molecule has 0 saturated heterocycles. The fourth-order valence-corrected chi connectivity index (χ4v) is 6.78. The van der Waals surface area contributed by atoms with Crippen LogP contribution in [0.4, 0.5) is 0 Å². The van der Waals surface area contributed by atoms with Gasteiger partial charge in [0.15, 0.2) is 35.0 Å². The Hall–Kier alpha value is -5.14. The molecule has 14 heteroatoms. The number of benzene rings is 1. The van der Waals surface area contributed by atoms with E-state index in [1.54, 1.807) is 18.2 Å². The van der Waals surface area contributed by atoms with Crippen LogP contribution in [0.3, 0.4) is 0 Å². The van der Waals surface area contributed by atoms with Gasteiger partial charge >= 0.3 is 35.8 Å². The SMILES string of the molecule is C=C1C(OC(C)=O)C(OC(=O)c2ccccc2)C(=O)C(C)(C)C=CC(C)C(=O)C2(OC(C)=O)CC(C)(OC(C)=O)C(OC(C)=O)C2C1OC(C)=O. The molecule has 0 radical (unpaired) electrons. The smallest absolute Gasteiger partial charge is 0.338 e. The van der Waals surface area contributed by atoms with Crippen molar-refractivity contribution in [1.82, 2.24) is 0 Å². The van der Waals surface area contributed by atoms with Gasteiger partial charge in [-0.15, -0.1) is 0 Å². The molecular formula is C37H44O14. The van der Waals surface area contributed by atoms with Gasteiger partial charge in [0.2, 0.25) is 6.10 Å². The largest absolute Gasteiger partial charge is 0.458 e. The number of ether oxygens (including phenoxy) is 6. The fourth-order valence-electron chi connectivity index (χ4n) is 6.78. The van der Waals surface area contributed by atoms with E-state index in [1.165, 1.54) is 52.0 Å². The van der Waals surface area contributed by atoms with E-state index in [0.29, 0.717) is 0 Å². The van der Waals surface area contributed by atoms with Gasteiger partial charge in [0.25, 0.3) is 0 Å². The molecule has 0 amide bonds. The molecule has 1 saturated carbocycles. The summed E-state index contributed by atoms with van der Waals surface area (Å²) in [7, 11) is 0. The number of hydrogen-bond donors (Lipinski definition) is 0. The predicted molar refractivity (Wildman–Crippen MR) is 176 cm³/mol. The molecule has 276 valence electrons. The van der Waals surface area contributed by atoms with Crippen LogP contribution in [-0.4, -0.2) is 83.0 Å². The lowest BCUT2D eigenvalue weighted by Gasteiger charge is -2.42. The summed E-state index contributed by atoms with van der Waals surface area (Å²) in [6.45, 7) is 15.0. The van der Waals surface area contributed by atoms with E-state index in [-0.39, 0.29) is 5.56 Å². The van der Waals surface area contributed by atoms with Crippen LogP contribution in [-0.2, 0) is 62.0 Å². The maximum atomic E-state index is 14.7. The van der Waals surface area contributed by atoms with Crippen molar-refractivity contribution in [2.75, 3.05) is 0 Å². The Bertz CT molecular complexity index is 1640. The first-order valence-electron chi connectivity index (χ1n) is 16.2. The minimum Gasteiger partial charge on any atom is -0.458 e. The van der Waals surface area contributed by atoms with Crippen LogP contribution in [0.5, 0.6) is 0 Å². The van der Waals surface area contributed by atoms with E-state index >= 15 is 0 Å². The molecule has 0 N–H and O–H groups in total. The van der Waals surface area contributed by atoms with E-state index in [4.69, 9.17) is 28.4 Å². The molecular weight excluding hydrogens is 668 g/mol. The van der Waals surface area contributed by atoms with Crippen molar-refractivity contribution < 1.29 is 66.8 Å².